The monoisotopic (exact) mass is 336 g/mol. The Kier molecular flexibility index (Phi) is 5.61. The van der Waals surface area contributed by atoms with Crippen molar-refractivity contribution in [2.24, 2.45) is 5.92 Å². The van der Waals surface area contributed by atoms with Crippen LogP contribution in [0.3, 0.4) is 0 Å². The van der Waals surface area contributed by atoms with Gasteiger partial charge in [0.05, 0.1) is 6.54 Å². The van der Waals surface area contributed by atoms with Crippen molar-refractivity contribution in [3.8, 4) is 0 Å². The number of amides is 1. The Morgan fingerprint density at radius 1 is 0.960 bits per heavy atom. The maximum absolute atomic E-state index is 12.5. The molecule has 0 spiro atoms. The lowest BCUT2D eigenvalue weighted by Gasteiger charge is -2.32. The molecule has 1 aliphatic rings. The molecule has 4 nitrogen and oxygen atoms in total. The van der Waals surface area contributed by atoms with Crippen LogP contribution >= 0.6 is 0 Å². The fourth-order valence-electron chi connectivity index (χ4n) is 3.28. The fourth-order valence-corrected chi connectivity index (χ4v) is 3.28. The van der Waals surface area contributed by atoms with E-state index in [1.165, 1.54) is 0 Å². The van der Waals surface area contributed by atoms with E-state index in [0.29, 0.717) is 6.54 Å². The van der Waals surface area contributed by atoms with Gasteiger partial charge in [-0.25, -0.2) is 0 Å². The number of likely N-dealkylation sites (N-methyl/N-ethyl adjacent to an activating group) is 1. The molecule has 0 unspecified atom stereocenters. The molecule has 1 aliphatic heterocycles. The van der Waals surface area contributed by atoms with Crippen molar-refractivity contribution in [2.75, 3.05) is 31.6 Å². The van der Waals surface area contributed by atoms with E-state index in [1.807, 2.05) is 67.7 Å². The first-order valence-corrected chi connectivity index (χ1v) is 8.78. The molecular formula is C21H24N2O2. The number of nitrogens with zero attached hydrogens (tertiary/aromatic N) is 2. The number of piperidine rings is 1. The zero-order valence-electron chi connectivity index (χ0n) is 14.6. The summed E-state index contributed by atoms with van der Waals surface area (Å²) in [6, 6.07) is 19.2. The van der Waals surface area contributed by atoms with Crippen molar-refractivity contribution in [1.29, 1.82) is 0 Å². The molecule has 0 bridgehead atoms. The number of benzene rings is 2. The number of carbonyl (C=O) groups is 2. The minimum atomic E-state index is 0.0700. The maximum atomic E-state index is 12.5. The van der Waals surface area contributed by atoms with Gasteiger partial charge in [0.1, 0.15) is 0 Å². The van der Waals surface area contributed by atoms with Crippen LogP contribution in [0.2, 0.25) is 0 Å². The van der Waals surface area contributed by atoms with Crippen molar-refractivity contribution >= 4 is 17.4 Å². The van der Waals surface area contributed by atoms with E-state index in [9.17, 15) is 9.59 Å². The second-order valence-corrected chi connectivity index (χ2v) is 6.57. The average molecular weight is 336 g/mol. The number of hydrogen-bond acceptors (Lipinski definition) is 3. The van der Waals surface area contributed by atoms with E-state index in [0.717, 1.165) is 37.2 Å². The molecule has 0 aliphatic carbocycles. The Bertz CT molecular complexity index is 707. The van der Waals surface area contributed by atoms with Crippen LogP contribution in [0.4, 0.5) is 5.69 Å². The third kappa shape index (κ3) is 4.34. The first kappa shape index (κ1) is 17.4. The van der Waals surface area contributed by atoms with E-state index in [4.69, 9.17) is 0 Å². The van der Waals surface area contributed by atoms with Crippen LogP contribution in [0.1, 0.15) is 23.2 Å². The number of likely N-dealkylation sites (tertiary alicyclic amines) is 1. The number of Topliss-reactive ketones (excluding diaryl/α,β-unsaturated/α-hetero) is 1. The lowest BCUT2D eigenvalue weighted by Crippen LogP contribution is -2.43. The third-order valence-corrected chi connectivity index (χ3v) is 4.89. The predicted molar refractivity (Wildman–Crippen MR) is 99.8 cm³/mol. The van der Waals surface area contributed by atoms with E-state index >= 15 is 0 Å². The molecule has 0 radical (unpaired) electrons. The quantitative estimate of drug-likeness (QED) is 0.787. The van der Waals surface area contributed by atoms with Crippen LogP contribution in [0.5, 0.6) is 0 Å². The van der Waals surface area contributed by atoms with Crippen LogP contribution < -0.4 is 4.90 Å². The summed E-state index contributed by atoms with van der Waals surface area (Å²) in [6.07, 6.45) is 1.63. The summed E-state index contributed by atoms with van der Waals surface area (Å²) in [5.74, 6) is 0.382. The molecule has 1 amide bonds. The molecule has 0 saturated carbocycles. The molecule has 3 rings (SSSR count). The molecule has 0 N–H and O–H groups in total. The van der Waals surface area contributed by atoms with Gasteiger partial charge in [-0.3, -0.25) is 14.5 Å². The van der Waals surface area contributed by atoms with Crippen molar-refractivity contribution in [3.63, 3.8) is 0 Å². The fraction of sp³-hybridized carbons (Fsp3) is 0.333. The minimum Gasteiger partial charge on any atom is -0.314 e. The van der Waals surface area contributed by atoms with E-state index in [-0.39, 0.29) is 17.6 Å². The van der Waals surface area contributed by atoms with Gasteiger partial charge < -0.3 is 4.90 Å². The number of hydrogen-bond donors (Lipinski definition) is 0. The van der Waals surface area contributed by atoms with Crippen molar-refractivity contribution in [3.05, 3.63) is 66.2 Å². The highest BCUT2D eigenvalue weighted by atomic mass is 16.2. The highest BCUT2D eigenvalue weighted by Crippen LogP contribution is 2.22. The van der Waals surface area contributed by atoms with Gasteiger partial charge in [0.2, 0.25) is 5.91 Å². The topological polar surface area (TPSA) is 40.6 Å². The largest absolute Gasteiger partial charge is 0.314 e. The van der Waals surface area contributed by atoms with Gasteiger partial charge in [-0.15, -0.1) is 0 Å². The number of carbonyl (C=O) groups excluding carboxylic acids is 2. The molecule has 25 heavy (non-hydrogen) atoms. The highest BCUT2D eigenvalue weighted by Gasteiger charge is 2.27. The summed E-state index contributed by atoms with van der Waals surface area (Å²) in [5, 5.41) is 0. The Labute approximate surface area is 149 Å². The molecule has 130 valence electrons. The summed E-state index contributed by atoms with van der Waals surface area (Å²) >= 11 is 0. The van der Waals surface area contributed by atoms with E-state index in [1.54, 1.807) is 4.90 Å². The van der Waals surface area contributed by atoms with Crippen molar-refractivity contribution in [2.45, 2.75) is 12.8 Å². The first-order valence-electron chi connectivity index (χ1n) is 8.78. The smallest absolute Gasteiger partial charge is 0.240 e. The molecule has 0 atom stereocenters. The SMILES string of the molecule is CN(C(=O)CN1CCC(C(=O)c2ccccc2)CC1)c1ccccc1. The van der Waals surface area contributed by atoms with Crippen LogP contribution in [0.15, 0.2) is 60.7 Å². The normalized spacial score (nSPS) is 15.7. The second-order valence-electron chi connectivity index (χ2n) is 6.57. The lowest BCUT2D eigenvalue weighted by atomic mass is 9.89. The highest BCUT2D eigenvalue weighted by molar-refractivity contribution is 5.98. The van der Waals surface area contributed by atoms with Gasteiger partial charge >= 0.3 is 0 Å². The van der Waals surface area contributed by atoms with Gasteiger partial charge in [0, 0.05) is 24.2 Å². The van der Waals surface area contributed by atoms with Gasteiger partial charge in [0.25, 0.3) is 0 Å². The summed E-state index contributed by atoms with van der Waals surface area (Å²) in [4.78, 5) is 28.8. The van der Waals surface area contributed by atoms with Gasteiger partial charge in [-0.1, -0.05) is 48.5 Å². The van der Waals surface area contributed by atoms with Crippen LogP contribution in [0, 0.1) is 5.92 Å². The minimum absolute atomic E-state index is 0.0700. The summed E-state index contributed by atoms with van der Waals surface area (Å²) in [5.41, 5.74) is 1.70. The lowest BCUT2D eigenvalue weighted by molar-refractivity contribution is -0.119. The molecule has 1 heterocycles. The van der Waals surface area contributed by atoms with Gasteiger partial charge in [-0.2, -0.15) is 0 Å². The van der Waals surface area contributed by atoms with Crippen LogP contribution in [-0.2, 0) is 4.79 Å². The molecule has 0 aromatic heterocycles. The number of anilines is 1. The van der Waals surface area contributed by atoms with Gasteiger partial charge in [0.15, 0.2) is 5.78 Å². The first-order chi connectivity index (χ1) is 12.1. The van der Waals surface area contributed by atoms with Crippen LogP contribution in [0.25, 0.3) is 0 Å². The Morgan fingerprint density at radius 2 is 1.52 bits per heavy atom. The molecule has 4 heteroatoms. The molecule has 2 aromatic rings. The average Bonchev–Trinajstić information content (AvgIpc) is 2.68. The number of ketones is 1. The zero-order chi connectivity index (χ0) is 17.6. The Morgan fingerprint density at radius 3 is 2.12 bits per heavy atom. The predicted octanol–water partition coefficient (Wildman–Crippen LogP) is 3.24. The Balaban J connectivity index is 1.51. The van der Waals surface area contributed by atoms with Crippen molar-refractivity contribution in [1.82, 2.24) is 4.90 Å². The van der Waals surface area contributed by atoms with Crippen molar-refractivity contribution < 1.29 is 9.59 Å². The van der Waals surface area contributed by atoms with Crippen LogP contribution in [-0.4, -0.2) is 43.3 Å². The third-order valence-electron chi connectivity index (χ3n) is 4.89. The van der Waals surface area contributed by atoms with Gasteiger partial charge in [-0.05, 0) is 38.1 Å². The Hall–Kier alpha value is -2.46. The molecular weight excluding hydrogens is 312 g/mol. The second kappa shape index (κ2) is 8.08. The number of rotatable bonds is 5. The number of para-hydroxylation sites is 1. The van der Waals surface area contributed by atoms with E-state index < -0.39 is 0 Å². The molecule has 1 saturated heterocycles. The zero-order valence-corrected chi connectivity index (χ0v) is 14.6. The molecule has 1 fully saturated rings. The molecule has 2 aromatic carbocycles. The summed E-state index contributed by atoms with van der Waals surface area (Å²) in [6.45, 7) is 1.98. The maximum Gasteiger partial charge on any atom is 0.240 e. The summed E-state index contributed by atoms with van der Waals surface area (Å²) in [7, 11) is 1.81. The summed E-state index contributed by atoms with van der Waals surface area (Å²) < 4.78 is 0. The van der Waals surface area contributed by atoms with E-state index in [2.05, 4.69) is 4.90 Å². The standard InChI is InChI=1S/C21H24N2O2/c1-22(19-10-6-3-7-11-19)20(24)16-23-14-12-18(13-15-23)21(25)17-8-4-2-5-9-17/h2-11,18H,12-16H2,1H3.